The van der Waals surface area contributed by atoms with Crippen LogP contribution in [-0.2, 0) is 15.0 Å². The van der Waals surface area contributed by atoms with Gasteiger partial charge in [-0.25, -0.2) is 9.38 Å². The first-order valence-corrected chi connectivity index (χ1v) is 6.19. The molecule has 3 rings (SSSR count). The minimum absolute atomic E-state index is 0.183. The molecule has 0 radical (unpaired) electrons. The number of hydrogen-bond donors (Lipinski definition) is 0. The van der Waals surface area contributed by atoms with Crippen LogP contribution in [-0.4, -0.2) is 25.2 Å². The van der Waals surface area contributed by atoms with Gasteiger partial charge in [-0.15, -0.1) is 0 Å². The summed E-state index contributed by atoms with van der Waals surface area (Å²) in [7, 11) is 0. The Labute approximate surface area is 106 Å². The third kappa shape index (κ3) is 1.63. The highest BCUT2D eigenvalue weighted by Crippen LogP contribution is 2.43. The van der Waals surface area contributed by atoms with Gasteiger partial charge in [0.25, 0.3) is 0 Å². The number of aliphatic imine (C=N–C) groups is 1. The molecule has 1 saturated heterocycles. The summed E-state index contributed by atoms with van der Waals surface area (Å²) in [6.45, 7) is 4.81. The van der Waals surface area contributed by atoms with Gasteiger partial charge in [0.15, 0.2) is 5.90 Å². The molecule has 0 spiro atoms. The van der Waals surface area contributed by atoms with Crippen molar-refractivity contribution in [2.45, 2.75) is 31.9 Å². The van der Waals surface area contributed by atoms with Crippen molar-refractivity contribution in [3.63, 3.8) is 0 Å². The van der Waals surface area contributed by atoms with E-state index in [9.17, 15) is 4.39 Å². The number of rotatable bonds is 1. The van der Waals surface area contributed by atoms with Crippen LogP contribution >= 0.6 is 0 Å². The second-order valence-corrected chi connectivity index (χ2v) is 4.96. The van der Waals surface area contributed by atoms with Crippen molar-refractivity contribution >= 4 is 5.90 Å². The minimum Gasteiger partial charge on any atom is -0.478 e. The first-order chi connectivity index (χ1) is 8.62. The van der Waals surface area contributed by atoms with Crippen LogP contribution in [0.5, 0.6) is 0 Å². The summed E-state index contributed by atoms with van der Waals surface area (Å²) in [5, 5.41) is 0. The molecule has 1 fully saturated rings. The summed E-state index contributed by atoms with van der Waals surface area (Å²) in [5.74, 6) is 0.396. The average molecular weight is 249 g/mol. The van der Waals surface area contributed by atoms with E-state index in [0.29, 0.717) is 31.1 Å². The van der Waals surface area contributed by atoms with E-state index in [-0.39, 0.29) is 11.9 Å². The van der Waals surface area contributed by atoms with E-state index in [2.05, 4.69) is 4.99 Å². The fourth-order valence-electron chi connectivity index (χ4n) is 2.82. The Morgan fingerprint density at radius 1 is 1.39 bits per heavy atom. The standard InChI is InChI=1S/C14H16FNO2/c1-9-3-4-12(15)11(7-9)14-5-6-17-13(14)8-18-10(2)16-14/h3-4,7,13H,5-6,8H2,1-2H3. The molecule has 2 aliphatic heterocycles. The van der Waals surface area contributed by atoms with Crippen LogP contribution in [0.4, 0.5) is 4.39 Å². The molecule has 1 aromatic rings. The molecule has 3 nitrogen and oxygen atoms in total. The molecule has 1 aromatic carbocycles. The van der Waals surface area contributed by atoms with Crippen molar-refractivity contribution < 1.29 is 13.9 Å². The van der Waals surface area contributed by atoms with Crippen LogP contribution in [0.2, 0.25) is 0 Å². The van der Waals surface area contributed by atoms with Crippen LogP contribution in [0.15, 0.2) is 23.2 Å². The Balaban J connectivity index is 2.17. The summed E-state index contributed by atoms with van der Waals surface area (Å²) in [5.41, 5.74) is 1.07. The fourth-order valence-corrected chi connectivity index (χ4v) is 2.82. The molecule has 96 valence electrons. The average Bonchev–Trinajstić information content (AvgIpc) is 2.76. The maximum atomic E-state index is 14.1. The van der Waals surface area contributed by atoms with Gasteiger partial charge in [-0.05, 0) is 13.0 Å². The van der Waals surface area contributed by atoms with Crippen LogP contribution in [0, 0.1) is 12.7 Å². The van der Waals surface area contributed by atoms with Gasteiger partial charge >= 0.3 is 0 Å². The SMILES string of the molecule is CC1=NC2(c3cc(C)ccc3F)CCOC2CO1. The lowest BCUT2D eigenvalue weighted by Gasteiger charge is -2.35. The number of fused-ring (bicyclic) bond motifs is 1. The zero-order chi connectivity index (χ0) is 12.8. The van der Waals surface area contributed by atoms with Crippen LogP contribution in [0.25, 0.3) is 0 Å². The van der Waals surface area contributed by atoms with E-state index >= 15 is 0 Å². The Morgan fingerprint density at radius 2 is 2.22 bits per heavy atom. The highest BCUT2D eigenvalue weighted by atomic mass is 19.1. The zero-order valence-electron chi connectivity index (χ0n) is 10.6. The van der Waals surface area contributed by atoms with Crippen molar-refractivity contribution in [3.05, 3.63) is 35.1 Å². The van der Waals surface area contributed by atoms with E-state index in [1.54, 1.807) is 6.07 Å². The summed E-state index contributed by atoms with van der Waals surface area (Å²) in [6.07, 6.45) is 0.524. The normalized spacial score (nSPS) is 30.6. The molecule has 2 aliphatic rings. The molecule has 18 heavy (non-hydrogen) atoms. The lowest BCUT2D eigenvalue weighted by atomic mass is 9.82. The van der Waals surface area contributed by atoms with E-state index in [4.69, 9.17) is 9.47 Å². The van der Waals surface area contributed by atoms with Gasteiger partial charge in [-0.3, -0.25) is 0 Å². The van der Waals surface area contributed by atoms with Crippen LogP contribution in [0.1, 0.15) is 24.5 Å². The van der Waals surface area contributed by atoms with Crippen molar-refractivity contribution in [1.82, 2.24) is 0 Å². The lowest BCUT2D eigenvalue weighted by molar-refractivity contribution is 0.0213. The van der Waals surface area contributed by atoms with E-state index in [1.165, 1.54) is 6.07 Å². The van der Waals surface area contributed by atoms with Crippen molar-refractivity contribution in [2.24, 2.45) is 4.99 Å². The number of hydrogen-bond acceptors (Lipinski definition) is 3. The molecule has 0 saturated carbocycles. The van der Waals surface area contributed by atoms with Gasteiger partial charge in [0.05, 0.1) is 6.61 Å². The maximum Gasteiger partial charge on any atom is 0.181 e. The predicted molar refractivity (Wildman–Crippen MR) is 66.2 cm³/mol. The largest absolute Gasteiger partial charge is 0.478 e. The quantitative estimate of drug-likeness (QED) is 0.766. The predicted octanol–water partition coefficient (Wildman–Crippen LogP) is 2.57. The molecule has 0 aliphatic carbocycles. The Kier molecular flexibility index (Phi) is 2.63. The molecule has 2 unspecified atom stereocenters. The first-order valence-electron chi connectivity index (χ1n) is 6.19. The summed E-state index contributed by atoms with van der Waals surface area (Å²) in [4.78, 5) is 4.58. The Morgan fingerprint density at radius 3 is 3.06 bits per heavy atom. The van der Waals surface area contributed by atoms with Crippen molar-refractivity contribution in [3.8, 4) is 0 Å². The smallest absolute Gasteiger partial charge is 0.181 e. The molecule has 2 atom stereocenters. The lowest BCUT2D eigenvalue weighted by Crippen LogP contribution is -2.42. The fraction of sp³-hybridized carbons (Fsp3) is 0.500. The summed E-state index contributed by atoms with van der Waals surface area (Å²) >= 11 is 0. The van der Waals surface area contributed by atoms with Gasteiger partial charge in [0.2, 0.25) is 0 Å². The van der Waals surface area contributed by atoms with Gasteiger partial charge in [0.1, 0.15) is 24.1 Å². The summed E-state index contributed by atoms with van der Waals surface area (Å²) < 4.78 is 25.2. The Bertz CT molecular complexity index is 515. The maximum absolute atomic E-state index is 14.1. The van der Waals surface area contributed by atoms with Gasteiger partial charge in [-0.1, -0.05) is 17.7 Å². The second-order valence-electron chi connectivity index (χ2n) is 4.96. The number of aryl methyl sites for hydroxylation is 1. The van der Waals surface area contributed by atoms with Crippen molar-refractivity contribution in [2.75, 3.05) is 13.2 Å². The number of halogens is 1. The second kappa shape index (κ2) is 4.05. The van der Waals surface area contributed by atoms with Crippen LogP contribution < -0.4 is 0 Å². The van der Waals surface area contributed by atoms with E-state index in [1.807, 2.05) is 19.9 Å². The molecule has 0 aromatic heterocycles. The number of benzene rings is 1. The highest BCUT2D eigenvalue weighted by molar-refractivity contribution is 5.75. The topological polar surface area (TPSA) is 30.8 Å². The molecule has 2 heterocycles. The molecular weight excluding hydrogens is 233 g/mol. The number of nitrogens with zero attached hydrogens (tertiary/aromatic N) is 1. The molecular formula is C14H16FNO2. The number of ether oxygens (including phenoxy) is 2. The molecule has 0 bridgehead atoms. The van der Waals surface area contributed by atoms with Crippen LogP contribution in [0.3, 0.4) is 0 Å². The third-order valence-corrected chi connectivity index (χ3v) is 3.72. The van der Waals surface area contributed by atoms with Gasteiger partial charge in [-0.2, -0.15) is 0 Å². The van der Waals surface area contributed by atoms with Gasteiger partial charge < -0.3 is 9.47 Å². The monoisotopic (exact) mass is 249 g/mol. The minimum atomic E-state index is -0.599. The van der Waals surface area contributed by atoms with E-state index in [0.717, 1.165) is 5.56 Å². The van der Waals surface area contributed by atoms with Gasteiger partial charge in [0, 0.05) is 18.9 Å². The van der Waals surface area contributed by atoms with Crippen molar-refractivity contribution in [1.29, 1.82) is 0 Å². The van der Waals surface area contributed by atoms with E-state index < -0.39 is 5.54 Å². The third-order valence-electron chi connectivity index (χ3n) is 3.72. The molecule has 4 heteroatoms. The zero-order valence-corrected chi connectivity index (χ0v) is 10.6. The summed E-state index contributed by atoms with van der Waals surface area (Å²) in [6, 6.07) is 5.16. The molecule has 0 amide bonds. The highest BCUT2D eigenvalue weighted by Gasteiger charge is 2.49. The first kappa shape index (κ1) is 11.7. The molecule has 0 N–H and O–H groups in total. The Hall–Kier alpha value is -1.42.